The minimum Gasteiger partial charge on any atom is -0.486 e. The van der Waals surface area contributed by atoms with Gasteiger partial charge in [0, 0.05) is 17.1 Å². The van der Waals surface area contributed by atoms with Crippen molar-refractivity contribution in [1.82, 2.24) is 10.3 Å². The fourth-order valence-corrected chi connectivity index (χ4v) is 4.13. The van der Waals surface area contributed by atoms with Gasteiger partial charge in [0.1, 0.15) is 13.2 Å². The average Bonchev–Trinajstić information content (AvgIpc) is 3.32. The van der Waals surface area contributed by atoms with Crippen molar-refractivity contribution in [2.24, 2.45) is 0 Å². The molecule has 0 atom stereocenters. The van der Waals surface area contributed by atoms with Gasteiger partial charge in [0.15, 0.2) is 16.6 Å². The van der Waals surface area contributed by atoms with Gasteiger partial charge in [-0.2, -0.15) is 0 Å². The Morgan fingerprint density at radius 3 is 2.76 bits per heavy atom. The molecule has 1 aliphatic heterocycles. The van der Waals surface area contributed by atoms with Crippen LogP contribution in [0.4, 0.5) is 5.13 Å². The summed E-state index contributed by atoms with van der Waals surface area (Å²) in [5.74, 6) is 1.52. The quantitative estimate of drug-likeness (QED) is 0.859. The fraction of sp³-hybridized carbons (Fsp3) is 0.444. The summed E-state index contributed by atoms with van der Waals surface area (Å²) in [6, 6.07) is 6.12. The predicted molar refractivity (Wildman–Crippen MR) is 96.3 cm³/mol. The third-order valence-electron chi connectivity index (χ3n) is 4.82. The van der Waals surface area contributed by atoms with Crippen LogP contribution in [0, 0.1) is 0 Å². The van der Waals surface area contributed by atoms with Crippen LogP contribution in [0.1, 0.15) is 31.2 Å². The van der Waals surface area contributed by atoms with E-state index in [-0.39, 0.29) is 18.0 Å². The molecule has 1 aliphatic carbocycles. The van der Waals surface area contributed by atoms with Crippen molar-refractivity contribution in [3.63, 3.8) is 0 Å². The van der Waals surface area contributed by atoms with Crippen molar-refractivity contribution >= 4 is 22.4 Å². The van der Waals surface area contributed by atoms with Crippen molar-refractivity contribution in [3.05, 3.63) is 35.3 Å². The molecule has 6 nitrogen and oxygen atoms in total. The topological polar surface area (TPSA) is 72.5 Å². The van der Waals surface area contributed by atoms with Crippen LogP contribution < -0.4 is 20.1 Å². The van der Waals surface area contributed by atoms with Gasteiger partial charge >= 0.3 is 0 Å². The Bertz CT molecular complexity index is 742. The van der Waals surface area contributed by atoms with Crippen molar-refractivity contribution in [2.75, 3.05) is 25.1 Å². The van der Waals surface area contributed by atoms with Crippen LogP contribution in [0.3, 0.4) is 0 Å². The number of anilines is 1. The predicted octanol–water partition coefficient (Wildman–Crippen LogP) is 2.91. The number of benzene rings is 1. The highest BCUT2D eigenvalue weighted by molar-refractivity contribution is 7.13. The van der Waals surface area contributed by atoms with Gasteiger partial charge in [-0.25, -0.2) is 4.98 Å². The normalized spacial score (nSPS) is 18.1. The molecule has 25 heavy (non-hydrogen) atoms. The summed E-state index contributed by atoms with van der Waals surface area (Å²) in [4.78, 5) is 16.3. The van der Waals surface area contributed by atoms with Crippen LogP contribution in [0.15, 0.2) is 29.8 Å². The molecule has 2 N–H and O–H groups in total. The smallest absolute Gasteiger partial charge is 0.240 e. The number of hydrogen-bond donors (Lipinski definition) is 2. The van der Waals surface area contributed by atoms with Crippen LogP contribution in [-0.4, -0.2) is 30.6 Å². The van der Waals surface area contributed by atoms with Crippen LogP contribution in [0.2, 0.25) is 0 Å². The molecule has 1 aromatic carbocycles. The molecular weight excluding hydrogens is 338 g/mol. The molecule has 0 bridgehead atoms. The van der Waals surface area contributed by atoms with E-state index in [0.717, 1.165) is 42.7 Å². The largest absolute Gasteiger partial charge is 0.486 e. The van der Waals surface area contributed by atoms with Crippen LogP contribution in [-0.2, 0) is 10.3 Å². The number of ether oxygens (including phenoxy) is 2. The molecule has 7 heteroatoms. The summed E-state index contributed by atoms with van der Waals surface area (Å²) >= 11 is 1.42. The number of fused-ring (bicyclic) bond motifs is 1. The lowest BCUT2D eigenvalue weighted by molar-refractivity contribution is -0.115. The Kier molecular flexibility index (Phi) is 4.59. The first kappa shape index (κ1) is 16.4. The van der Waals surface area contributed by atoms with E-state index in [1.54, 1.807) is 6.20 Å². The monoisotopic (exact) mass is 359 g/mol. The standard InChI is InChI=1S/C18H21N3O3S/c22-16(21-17-19-7-10-25-17)12-20-18(5-1-2-6-18)13-3-4-14-15(11-13)24-9-8-23-14/h3-4,7,10-11,20H,1-2,5-6,8-9,12H2,(H,19,21,22). The molecule has 0 saturated heterocycles. The van der Waals surface area contributed by atoms with E-state index >= 15 is 0 Å². The van der Waals surface area contributed by atoms with Gasteiger partial charge in [0.05, 0.1) is 6.54 Å². The molecule has 4 rings (SSSR count). The number of carbonyl (C=O) groups excluding carboxylic acids is 1. The number of nitrogens with zero attached hydrogens (tertiary/aromatic N) is 1. The third kappa shape index (κ3) is 3.48. The summed E-state index contributed by atoms with van der Waals surface area (Å²) in [6.45, 7) is 1.42. The molecule has 1 fully saturated rings. The van der Waals surface area contributed by atoms with Crippen molar-refractivity contribution in [1.29, 1.82) is 0 Å². The molecule has 0 unspecified atom stereocenters. The lowest BCUT2D eigenvalue weighted by Gasteiger charge is -2.32. The Morgan fingerprint density at radius 2 is 2.00 bits per heavy atom. The number of carbonyl (C=O) groups is 1. The highest BCUT2D eigenvalue weighted by Crippen LogP contribution is 2.42. The Balaban J connectivity index is 1.49. The van der Waals surface area contributed by atoms with Gasteiger partial charge in [-0.3, -0.25) is 10.1 Å². The third-order valence-corrected chi connectivity index (χ3v) is 5.51. The number of nitrogens with one attached hydrogen (secondary N) is 2. The van der Waals surface area contributed by atoms with Gasteiger partial charge in [-0.15, -0.1) is 11.3 Å². The van der Waals surface area contributed by atoms with Crippen molar-refractivity contribution in [2.45, 2.75) is 31.2 Å². The maximum absolute atomic E-state index is 12.2. The molecule has 132 valence electrons. The maximum Gasteiger partial charge on any atom is 0.240 e. The number of hydrogen-bond acceptors (Lipinski definition) is 6. The van der Waals surface area contributed by atoms with Crippen LogP contribution >= 0.6 is 11.3 Å². The molecule has 1 amide bonds. The Morgan fingerprint density at radius 1 is 1.20 bits per heavy atom. The highest BCUT2D eigenvalue weighted by Gasteiger charge is 2.36. The number of aromatic nitrogens is 1. The average molecular weight is 359 g/mol. The van der Waals surface area contributed by atoms with Crippen LogP contribution in [0.5, 0.6) is 11.5 Å². The zero-order valence-electron chi connectivity index (χ0n) is 13.9. The molecule has 1 aromatic heterocycles. The molecule has 1 saturated carbocycles. The van der Waals surface area contributed by atoms with Crippen LogP contribution in [0.25, 0.3) is 0 Å². The fourth-order valence-electron chi connectivity index (χ4n) is 3.59. The second kappa shape index (κ2) is 7.01. The lowest BCUT2D eigenvalue weighted by atomic mass is 9.87. The van der Waals surface area contributed by atoms with E-state index < -0.39 is 0 Å². The van der Waals surface area contributed by atoms with E-state index in [1.165, 1.54) is 11.3 Å². The lowest BCUT2D eigenvalue weighted by Crippen LogP contribution is -2.44. The first-order valence-corrected chi connectivity index (χ1v) is 9.48. The molecule has 2 aromatic rings. The van der Waals surface area contributed by atoms with E-state index in [1.807, 2.05) is 11.4 Å². The summed E-state index contributed by atoms with van der Waals surface area (Å²) < 4.78 is 11.3. The zero-order valence-corrected chi connectivity index (χ0v) is 14.7. The van der Waals surface area contributed by atoms with Gasteiger partial charge in [0.2, 0.25) is 5.91 Å². The molecule has 2 aliphatic rings. The number of rotatable bonds is 5. The van der Waals surface area contributed by atoms with E-state index in [2.05, 4.69) is 27.8 Å². The van der Waals surface area contributed by atoms with Gasteiger partial charge in [-0.05, 0) is 30.5 Å². The minimum absolute atomic E-state index is 0.0706. The van der Waals surface area contributed by atoms with Gasteiger partial charge in [0.25, 0.3) is 0 Å². The second-order valence-electron chi connectivity index (χ2n) is 6.39. The zero-order chi connectivity index (χ0) is 17.1. The molecule has 2 heterocycles. The highest BCUT2D eigenvalue weighted by atomic mass is 32.1. The first-order valence-electron chi connectivity index (χ1n) is 8.60. The van der Waals surface area contributed by atoms with Gasteiger partial charge in [-0.1, -0.05) is 18.9 Å². The molecule has 0 spiro atoms. The van der Waals surface area contributed by atoms with E-state index in [9.17, 15) is 4.79 Å². The van der Waals surface area contributed by atoms with Crippen molar-refractivity contribution < 1.29 is 14.3 Å². The first-order chi connectivity index (χ1) is 12.3. The second-order valence-corrected chi connectivity index (χ2v) is 7.28. The minimum atomic E-state index is -0.184. The summed E-state index contributed by atoms with van der Waals surface area (Å²) in [6.07, 6.45) is 6.00. The number of amides is 1. The van der Waals surface area contributed by atoms with Crippen molar-refractivity contribution in [3.8, 4) is 11.5 Å². The SMILES string of the molecule is O=C(CNC1(c2ccc3c(c2)OCCO3)CCCC1)Nc1nccs1. The maximum atomic E-state index is 12.2. The number of thiazole rings is 1. The molecule has 0 radical (unpaired) electrons. The summed E-state index contributed by atoms with van der Waals surface area (Å²) in [5, 5.41) is 8.80. The summed E-state index contributed by atoms with van der Waals surface area (Å²) in [5.41, 5.74) is 0.979. The Hall–Kier alpha value is -2.12. The summed E-state index contributed by atoms with van der Waals surface area (Å²) in [7, 11) is 0. The van der Waals surface area contributed by atoms with E-state index in [4.69, 9.17) is 9.47 Å². The Labute approximate surface area is 150 Å². The van der Waals surface area contributed by atoms with E-state index in [0.29, 0.717) is 18.3 Å². The van der Waals surface area contributed by atoms with Gasteiger partial charge < -0.3 is 14.8 Å². The molecular formula is C18H21N3O3S.